The van der Waals surface area contributed by atoms with Crippen molar-refractivity contribution in [1.29, 1.82) is 0 Å². The van der Waals surface area contributed by atoms with E-state index in [1.807, 2.05) is 0 Å². The summed E-state index contributed by atoms with van der Waals surface area (Å²) in [4.78, 5) is 120. The van der Waals surface area contributed by atoms with Crippen molar-refractivity contribution in [3.05, 3.63) is 29.8 Å². The highest BCUT2D eigenvalue weighted by Crippen LogP contribution is 2.57. The zero-order chi connectivity index (χ0) is 39.5. The van der Waals surface area contributed by atoms with Crippen LogP contribution < -0.4 is 4.18 Å². The molecular weight excluding hydrogens is 854 g/mol. The number of benzene rings is 1. The molecule has 1 fully saturated rings. The first kappa shape index (κ1) is 47.1. The lowest BCUT2D eigenvalue weighted by Gasteiger charge is -2.48. The van der Waals surface area contributed by atoms with Crippen LogP contribution in [0.1, 0.15) is 10.4 Å². The van der Waals surface area contributed by atoms with E-state index in [0.717, 1.165) is 12.1 Å². The molecule has 0 saturated heterocycles. The van der Waals surface area contributed by atoms with Gasteiger partial charge in [-0.2, -0.15) is 8.42 Å². The maximum absolute atomic E-state index is 11.4. The Labute approximate surface area is 275 Å². The molecule has 1 aromatic carbocycles. The molecule has 0 aromatic heterocycles. The Kier molecular flexibility index (Phi) is 16.0. The van der Waals surface area contributed by atoms with Gasteiger partial charge < -0.3 is 68.0 Å². The molecule has 37 heteroatoms. The van der Waals surface area contributed by atoms with Crippen molar-refractivity contribution in [2.24, 2.45) is 0 Å². The van der Waals surface area contributed by atoms with E-state index in [1.54, 1.807) is 0 Å². The number of carboxylic acid groups (broad SMARTS) is 1. The van der Waals surface area contributed by atoms with Crippen LogP contribution in [0.15, 0.2) is 24.3 Å². The smallest absolute Gasteiger partial charge is 0.470 e. The van der Waals surface area contributed by atoms with Crippen molar-refractivity contribution in [3.8, 4) is 5.75 Å². The van der Waals surface area contributed by atoms with Crippen LogP contribution in [-0.2, 0) is 64.9 Å². The third-order valence-corrected chi connectivity index (χ3v) is 8.31. The van der Waals surface area contributed by atoms with E-state index < -0.39 is 106 Å². The first-order chi connectivity index (χ1) is 22.0. The Bertz CT molecular complexity index is 1510. The Morgan fingerprint density at radius 2 is 0.720 bits per heavy atom. The highest BCUT2D eigenvalue weighted by atomic mass is 32.3. The van der Waals surface area contributed by atoms with E-state index in [-0.39, 0.29) is 5.56 Å². The number of hydrogen-bond donors (Lipinski definition) is 14. The predicted octanol–water partition coefficient (Wildman–Crippen LogP) is -2.57. The van der Waals surface area contributed by atoms with E-state index in [2.05, 4.69) is 31.3 Å². The lowest BCUT2D eigenvalue weighted by atomic mass is 9.85. The maximum atomic E-state index is 11.4. The lowest BCUT2D eigenvalue weighted by Crippen LogP contribution is -2.66. The fraction of sp³-hybridized carbons (Fsp3) is 0.462. The van der Waals surface area contributed by atoms with Crippen molar-refractivity contribution < 1.29 is 140 Å². The summed E-state index contributed by atoms with van der Waals surface area (Å²) in [7, 11) is -40.8. The Morgan fingerprint density at radius 1 is 0.500 bits per heavy atom. The molecule has 1 aromatic rings. The van der Waals surface area contributed by atoms with Gasteiger partial charge in [-0.05, 0) is 12.1 Å². The molecule has 30 nitrogen and oxygen atoms in total. The van der Waals surface area contributed by atoms with Crippen molar-refractivity contribution in [3.63, 3.8) is 0 Å². The van der Waals surface area contributed by atoms with Gasteiger partial charge in [-0.25, -0.2) is 32.2 Å². The van der Waals surface area contributed by atoms with Crippen LogP contribution in [0.4, 0.5) is 0 Å². The van der Waals surface area contributed by atoms with Crippen LogP contribution in [0.3, 0.4) is 0 Å². The van der Waals surface area contributed by atoms with Crippen molar-refractivity contribution in [1.82, 2.24) is 0 Å². The Morgan fingerprint density at radius 3 is 0.900 bits per heavy atom. The quantitative estimate of drug-likeness (QED) is 0.0636. The average Bonchev–Trinajstić information content (AvgIpc) is 2.81. The molecule has 0 unspecified atom stereocenters. The standard InChI is InChI=1S/C7H6O6S.C6H18O24P6/c8-7(9)5-3-1-2-4-6(5)13-14(10,11)12;7-31(8,9)25-1-2(26-32(10,11)12)4(28-34(16,17)18)6(30-36(22,23)24)5(29-35(19,20)21)3(1)27-33(13,14)15/h1-4H,(H,8,9)(H,10,11,12);1-6H,(H2,7,8,9)(H2,10,11,12)(H2,13,14,15)(H2,16,17,18)(H2,19,20,21)(H2,22,23,24). The summed E-state index contributed by atoms with van der Waals surface area (Å²) in [6.45, 7) is 0. The lowest BCUT2D eigenvalue weighted by molar-refractivity contribution is -0.202. The van der Waals surface area contributed by atoms with Crippen molar-refractivity contribution in [2.45, 2.75) is 36.6 Å². The second-order valence-corrected chi connectivity index (χ2v) is 16.8. The number of carbonyl (C=O) groups is 1. The number of para-hydroxylation sites is 1. The van der Waals surface area contributed by atoms with Gasteiger partial charge >= 0.3 is 63.3 Å². The van der Waals surface area contributed by atoms with Gasteiger partial charge in [0.1, 0.15) is 42.2 Å². The fourth-order valence-electron chi connectivity index (χ4n) is 3.62. The zero-order valence-corrected chi connectivity index (χ0v) is 29.3. The van der Waals surface area contributed by atoms with Crippen LogP contribution in [0.2, 0.25) is 0 Å². The van der Waals surface area contributed by atoms with Crippen LogP contribution in [0.25, 0.3) is 0 Å². The van der Waals surface area contributed by atoms with Crippen LogP contribution in [0, 0.1) is 0 Å². The first-order valence-corrected chi connectivity index (χ1v) is 21.9. The molecular formula is C13H24O30P6S. The minimum atomic E-state index is -6.02. The number of aromatic carboxylic acids is 1. The highest BCUT2D eigenvalue weighted by molar-refractivity contribution is 7.81. The topological polar surface area (TPSA) is 501 Å². The molecule has 0 radical (unpaired) electrons. The molecule has 0 spiro atoms. The summed E-state index contributed by atoms with van der Waals surface area (Å²) in [5.41, 5.74) is -0.342. The zero-order valence-electron chi connectivity index (χ0n) is 23.2. The van der Waals surface area contributed by atoms with E-state index in [0.29, 0.717) is 0 Å². The molecule has 292 valence electrons. The summed E-state index contributed by atoms with van der Waals surface area (Å²) in [5, 5.41) is 8.61. The molecule has 1 saturated carbocycles. The third-order valence-electron chi connectivity index (χ3n) is 4.81. The number of phosphoric ester groups is 6. The predicted molar refractivity (Wildman–Crippen MR) is 147 cm³/mol. The average molecular weight is 878 g/mol. The van der Waals surface area contributed by atoms with Crippen LogP contribution >= 0.6 is 46.9 Å². The molecule has 0 aliphatic heterocycles. The summed E-state index contributed by atoms with van der Waals surface area (Å²) >= 11 is 0. The normalized spacial score (nSPS) is 24.2. The van der Waals surface area contributed by atoms with E-state index in [4.69, 9.17) is 68.4 Å². The first-order valence-electron chi connectivity index (χ1n) is 11.4. The van der Waals surface area contributed by atoms with Gasteiger partial charge in [0.15, 0.2) is 5.75 Å². The molecule has 14 N–H and O–H groups in total. The second kappa shape index (κ2) is 17.0. The van der Waals surface area contributed by atoms with Gasteiger partial charge in [0.2, 0.25) is 0 Å². The maximum Gasteiger partial charge on any atom is 0.470 e. The molecule has 50 heavy (non-hydrogen) atoms. The molecule has 0 amide bonds. The van der Waals surface area contributed by atoms with Gasteiger partial charge in [0.25, 0.3) is 0 Å². The van der Waals surface area contributed by atoms with Crippen LogP contribution in [0.5, 0.6) is 5.75 Å². The van der Waals surface area contributed by atoms with Gasteiger partial charge in [0.05, 0.1) is 0 Å². The number of carboxylic acids is 1. The van der Waals surface area contributed by atoms with E-state index in [1.165, 1.54) is 12.1 Å². The molecule has 0 bridgehead atoms. The van der Waals surface area contributed by atoms with Crippen molar-refractivity contribution >= 4 is 63.3 Å². The minimum absolute atomic E-state index is 0.342. The second-order valence-electron chi connectivity index (χ2n) is 8.68. The monoisotopic (exact) mass is 878 g/mol. The molecule has 0 atom stereocenters. The summed E-state index contributed by atoms with van der Waals surface area (Å²) in [5.74, 6) is -1.77. The summed E-state index contributed by atoms with van der Waals surface area (Å²) in [6, 6.07) is 5.06. The van der Waals surface area contributed by atoms with Crippen molar-refractivity contribution in [2.75, 3.05) is 0 Å². The molecule has 1 aliphatic carbocycles. The third kappa shape index (κ3) is 18.7. The fourth-order valence-corrected chi connectivity index (χ4v) is 7.34. The molecule has 2 rings (SSSR count). The summed E-state index contributed by atoms with van der Waals surface area (Å²) < 4.78 is 126. The Balaban J connectivity index is 0.000000740. The molecule has 0 heterocycles. The highest BCUT2D eigenvalue weighted by Gasteiger charge is 2.62. The van der Waals surface area contributed by atoms with Gasteiger partial charge in [-0.1, -0.05) is 12.1 Å². The van der Waals surface area contributed by atoms with E-state index >= 15 is 0 Å². The number of phosphoric acid groups is 6. The summed E-state index contributed by atoms with van der Waals surface area (Å²) in [6.07, 6.45) is -18.9. The van der Waals surface area contributed by atoms with Crippen LogP contribution in [-0.4, -0.2) is 119 Å². The van der Waals surface area contributed by atoms with E-state index in [9.17, 15) is 40.6 Å². The SMILES string of the molecule is O=C(O)c1ccccc1OS(=O)(=O)O.O=P(O)(O)OC1C(OP(=O)(O)O)C(OP(=O)(O)O)C(OP(=O)(O)O)C(OP(=O)(O)O)C1OP(=O)(O)O. The number of rotatable bonds is 15. The minimum Gasteiger partial charge on any atom is -0.478 e. The van der Waals surface area contributed by atoms with Gasteiger partial charge in [0, 0.05) is 0 Å². The number of hydrogen-bond acceptors (Lipinski definition) is 16. The van der Waals surface area contributed by atoms with Gasteiger partial charge in [-0.15, -0.1) is 0 Å². The Hall–Kier alpha value is -0.940. The largest absolute Gasteiger partial charge is 0.478 e. The molecule has 1 aliphatic rings. The van der Waals surface area contributed by atoms with Gasteiger partial charge in [-0.3, -0.25) is 31.7 Å².